The van der Waals surface area contributed by atoms with Crippen molar-refractivity contribution in [2.75, 3.05) is 25.1 Å². The average molecular weight is 378 g/mol. The summed E-state index contributed by atoms with van der Waals surface area (Å²) in [5.74, 6) is 1.33. The number of benzene rings is 1. The molecule has 0 spiro atoms. The van der Waals surface area contributed by atoms with Crippen molar-refractivity contribution >= 4 is 17.4 Å². The second-order valence-electron chi connectivity index (χ2n) is 5.78. The number of carbonyl (C=O) groups is 1. The molecule has 0 aliphatic rings. The molecule has 0 saturated heterocycles. The van der Waals surface area contributed by atoms with Crippen LogP contribution in [0.15, 0.2) is 67.0 Å². The Morgan fingerprint density at radius 2 is 1.82 bits per heavy atom. The molecule has 2 aromatic heterocycles. The minimum Gasteiger partial charge on any atom is -0.438 e. The number of carbonyl (C=O) groups excluding carboxylic acids is 1. The molecule has 2 heterocycles. The summed E-state index contributed by atoms with van der Waals surface area (Å²) in [6.07, 6.45) is 3.31. The Morgan fingerprint density at radius 3 is 2.57 bits per heavy atom. The molecule has 1 amide bonds. The molecule has 3 aromatic rings. The maximum atomic E-state index is 12.4. The lowest BCUT2D eigenvalue weighted by Crippen LogP contribution is -2.27. The van der Waals surface area contributed by atoms with Crippen LogP contribution in [0.2, 0.25) is 0 Å². The number of amides is 1. The van der Waals surface area contributed by atoms with Crippen LogP contribution >= 0.6 is 0 Å². The van der Waals surface area contributed by atoms with E-state index in [1.807, 2.05) is 37.3 Å². The summed E-state index contributed by atoms with van der Waals surface area (Å²) in [6, 6.07) is 16.4. The van der Waals surface area contributed by atoms with E-state index in [0.29, 0.717) is 31.1 Å². The third-order valence-electron chi connectivity index (χ3n) is 3.76. The smallest absolute Gasteiger partial charge is 0.256 e. The van der Waals surface area contributed by atoms with Gasteiger partial charge in [0.25, 0.3) is 5.91 Å². The first kappa shape index (κ1) is 19.3. The van der Waals surface area contributed by atoms with Crippen molar-refractivity contribution in [2.45, 2.75) is 6.92 Å². The Labute approximate surface area is 163 Å². The molecule has 144 valence electrons. The lowest BCUT2D eigenvalue weighted by atomic mass is 10.2. The third-order valence-corrected chi connectivity index (χ3v) is 3.76. The van der Waals surface area contributed by atoms with Gasteiger partial charge >= 0.3 is 0 Å². The number of hydrogen-bond donors (Lipinski definition) is 2. The molecule has 28 heavy (non-hydrogen) atoms. The highest BCUT2D eigenvalue weighted by Gasteiger charge is 2.14. The summed E-state index contributed by atoms with van der Waals surface area (Å²) in [4.78, 5) is 20.8. The highest BCUT2D eigenvalue weighted by atomic mass is 16.5. The Morgan fingerprint density at radius 1 is 1.00 bits per heavy atom. The normalized spacial score (nSPS) is 10.3. The molecule has 0 fully saturated rings. The molecule has 0 bridgehead atoms. The minimum absolute atomic E-state index is 0.252. The van der Waals surface area contributed by atoms with Crippen molar-refractivity contribution in [3.63, 3.8) is 0 Å². The van der Waals surface area contributed by atoms with E-state index in [1.165, 1.54) is 0 Å². The van der Waals surface area contributed by atoms with Crippen molar-refractivity contribution in [3.8, 4) is 11.6 Å². The fraction of sp³-hybridized carbons (Fsp3) is 0.190. The van der Waals surface area contributed by atoms with E-state index in [-0.39, 0.29) is 11.8 Å². The molecule has 0 saturated carbocycles. The molecule has 0 radical (unpaired) electrons. The fourth-order valence-electron chi connectivity index (χ4n) is 2.42. The van der Waals surface area contributed by atoms with Crippen molar-refractivity contribution in [1.82, 2.24) is 15.3 Å². The molecule has 3 rings (SSSR count). The van der Waals surface area contributed by atoms with E-state index in [9.17, 15) is 4.79 Å². The first-order chi connectivity index (χ1) is 13.8. The van der Waals surface area contributed by atoms with Gasteiger partial charge in [-0.15, -0.1) is 0 Å². The van der Waals surface area contributed by atoms with Crippen LogP contribution in [-0.2, 0) is 4.74 Å². The molecule has 7 heteroatoms. The molecule has 0 aliphatic carbocycles. The number of ether oxygens (including phenoxy) is 2. The molecule has 7 nitrogen and oxygen atoms in total. The van der Waals surface area contributed by atoms with Crippen LogP contribution in [0.25, 0.3) is 0 Å². The van der Waals surface area contributed by atoms with Crippen molar-refractivity contribution in [2.24, 2.45) is 0 Å². The van der Waals surface area contributed by atoms with Crippen LogP contribution < -0.4 is 15.4 Å². The van der Waals surface area contributed by atoms with Crippen LogP contribution in [0.5, 0.6) is 11.6 Å². The van der Waals surface area contributed by atoms with Gasteiger partial charge in [-0.2, -0.15) is 0 Å². The van der Waals surface area contributed by atoms with Gasteiger partial charge in [-0.1, -0.05) is 6.07 Å². The quantitative estimate of drug-likeness (QED) is 0.551. The number of nitrogens with one attached hydrogen (secondary N) is 2. The van der Waals surface area contributed by atoms with Crippen LogP contribution in [-0.4, -0.2) is 35.6 Å². The van der Waals surface area contributed by atoms with E-state index in [4.69, 9.17) is 9.47 Å². The van der Waals surface area contributed by atoms with E-state index >= 15 is 0 Å². The highest BCUT2D eigenvalue weighted by molar-refractivity contribution is 5.96. The molecule has 0 atom stereocenters. The van der Waals surface area contributed by atoms with Crippen LogP contribution in [0, 0.1) is 0 Å². The van der Waals surface area contributed by atoms with Crippen LogP contribution in [0.4, 0.5) is 11.5 Å². The number of anilines is 2. The first-order valence-electron chi connectivity index (χ1n) is 9.03. The molecular weight excluding hydrogens is 356 g/mol. The van der Waals surface area contributed by atoms with Crippen molar-refractivity contribution < 1.29 is 14.3 Å². The predicted molar refractivity (Wildman–Crippen MR) is 107 cm³/mol. The highest BCUT2D eigenvalue weighted by Crippen LogP contribution is 2.25. The summed E-state index contributed by atoms with van der Waals surface area (Å²) in [6.45, 7) is 3.41. The van der Waals surface area contributed by atoms with Crippen molar-refractivity contribution in [3.05, 3.63) is 72.6 Å². The van der Waals surface area contributed by atoms with E-state index in [2.05, 4.69) is 20.6 Å². The largest absolute Gasteiger partial charge is 0.438 e. The number of aromatic nitrogens is 2. The lowest BCUT2D eigenvalue weighted by molar-refractivity contribution is 0.0919. The summed E-state index contributed by atoms with van der Waals surface area (Å²) in [7, 11) is 0. The second-order valence-corrected chi connectivity index (χ2v) is 5.78. The van der Waals surface area contributed by atoms with Crippen molar-refractivity contribution in [1.29, 1.82) is 0 Å². The van der Waals surface area contributed by atoms with Gasteiger partial charge in [0.2, 0.25) is 5.88 Å². The fourth-order valence-corrected chi connectivity index (χ4v) is 2.42. The molecule has 0 aliphatic heterocycles. The number of rotatable bonds is 9. The monoisotopic (exact) mass is 378 g/mol. The van der Waals surface area contributed by atoms with E-state index in [0.717, 1.165) is 11.5 Å². The number of nitrogens with zero attached hydrogens (tertiary/aromatic N) is 2. The molecular formula is C21H22N4O3. The Hall–Kier alpha value is -3.45. The minimum atomic E-state index is -0.253. The maximum Gasteiger partial charge on any atom is 0.256 e. The van der Waals surface area contributed by atoms with E-state index in [1.54, 1.807) is 36.7 Å². The lowest BCUT2D eigenvalue weighted by Gasteiger charge is -2.11. The van der Waals surface area contributed by atoms with Gasteiger partial charge in [-0.25, -0.2) is 9.97 Å². The molecule has 0 unspecified atom stereocenters. The summed E-state index contributed by atoms with van der Waals surface area (Å²) in [5.41, 5.74) is 1.25. The zero-order valence-electron chi connectivity index (χ0n) is 15.6. The maximum absolute atomic E-state index is 12.4. The van der Waals surface area contributed by atoms with Gasteiger partial charge < -0.3 is 20.1 Å². The second kappa shape index (κ2) is 10.0. The number of hydrogen-bond acceptors (Lipinski definition) is 6. The SMILES string of the molecule is CCOCCNC(=O)c1cccnc1Oc1ccc(Nc2ccccn2)cc1. The zero-order valence-corrected chi connectivity index (χ0v) is 15.6. The van der Waals surface area contributed by atoms with Gasteiger partial charge in [-0.05, 0) is 55.5 Å². The summed E-state index contributed by atoms with van der Waals surface area (Å²) in [5, 5.41) is 6.00. The van der Waals surface area contributed by atoms with Crippen LogP contribution in [0.1, 0.15) is 17.3 Å². The predicted octanol–water partition coefficient (Wildman–Crippen LogP) is 3.78. The van der Waals surface area contributed by atoms with Gasteiger partial charge in [0.15, 0.2) is 0 Å². The number of pyridine rings is 2. The Bertz CT molecular complexity index is 886. The molecule has 2 N–H and O–H groups in total. The van der Waals surface area contributed by atoms with Crippen LogP contribution in [0.3, 0.4) is 0 Å². The van der Waals surface area contributed by atoms with Gasteiger partial charge in [0, 0.05) is 31.2 Å². The Kier molecular flexibility index (Phi) is 6.92. The summed E-state index contributed by atoms with van der Waals surface area (Å²) < 4.78 is 11.0. The van der Waals surface area contributed by atoms with E-state index < -0.39 is 0 Å². The average Bonchev–Trinajstić information content (AvgIpc) is 2.74. The third kappa shape index (κ3) is 5.52. The van der Waals surface area contributed by atoms with Gasteiger partial charge in [-0.3, -0.25) is 4.79 Å². The topological polar surface area (TPSA) is 85.4 Å². The Balaban J connectivity index is 1.64. The standard InChI is InChI=1S/C21H22N4O3/c1-2-27-15-14-23-20(26)18-6-5-13-24-21(18)28-17-10-8-16(9-11-17)25-19-7-3-4-12-22-19/h3-13H,2,14-15H2,1H3,(H,22,25)(H,23,26). The zero-order chi connectivity index (χ0) is 19.6. The van der Waals surface area contributed by atoms with Gasteiger partial charge in [0.05, 0.1) is 6.61 Å². The van der Waals surface area contributed by atoms with Gasteiger partial charge in [0.1, 0.15) is 17.1 Å². The molecule has 1 aromatic carbocycles. The first-order valence-corrected chi connectivity index (χ1v) is 9.03. The summed E-state index contributed by atoms with van der Waals surface area (Å²) >= 11 is 0.